The summed E-state index contributed by atoms with van der Waals surface area (Å²) in [6, 6.07) is 7.76. The van der Waals surface area contributed by atoms with Gasteiger partial charge in [-0.2, -0.15) is 36.9 Å². The van der Waals surface area contributed by atoms with Gasteiger partial charge in [0.25, 0.3) is 5.92 Å². The molecular weight excluding hydrogens is 860 g/mol. The number of nitrogens with one attached hydrogen (secondary N) is 2. The zero-order valence-electron chi connectivity index (χ0n) is 34.3. The maximum atomic E-state index is 14.5. The Morgan fingerprint density at radius 2 is 1.23 bits per heavy atom. The number of Topliss-reactive ketones (excluding diaryl/α,β-unsaturated/α-hetero) is 1. The van der Waals surface area contributed by atoms with E-state index < -0.39 is 90.4 Å². The number of carbonyl (C=O) groups is 2. The first-order valence-electron chi connectivity index (χ1n) is 20.2. The highest BCUT2D eigenvalue weighted by atomic mass is 35.5. The van der Waals surface area contributed by atoms with E-state index in [0.717, 1.165) is 43.4 Å². The van der Waals surface area contributed by atoms with Gasteiger partial charge in [0.1, 0.15) is 18.2 Å². The monoisotopic (exact) mass is 911 g/mol. The number of benzene rings is 2. The summed E-state index contributed by atoms with van der Waals surface area (Å²) in [5, 5.41) is 31.3. The Kier molecular flexibility index (Phi) is 17.5. The quantitative estimate of drug-likeness (QED) is 0.124. The van der Waals surface area contributed by atoms with Crippen LogP contribution in [0.4, 0.5) is 43.9 Å². The summed E-state index contributed by atoms with van der Waals surface area (Å²) in [5.74, 6) is -8.68. The first-order valence-corrected chi connectivity index (χ1v) is 20.2. The van der Waals surface area contributed by atoms with Crippen LogP contribution in [0.3, 0.4) is 0 Å². The van der Waals surface area contributed by atoms with Gasteiger partial charge in [0.2, 0.25) is 5.92 Å². The zero-order valence-corrected chi connectivity index (χ0v) is 35.1. The highest BCUT2D eigenvalue weighted by Crippen LogP contribution is 2.49. The molecule has 19 heteroatoms. The van der Waals surface area contributed by atoms with E-state index >= 15 is 0 Å². The number of carboxylic acids is 1. The van der Waals surface area contributed by atoms with Gasteiger partial charge in [0, 0.05) is 51.0 Å². The fourth-order valence-electron chi connectivity index (χ4n) is 6.63. The Bertz CT molecular complexity index is 1880. The number of nitriles is 2. The van der Waals surface area contributed by atoms with Gasteiger partial charge in [0.15, 0.2) is 11.3 Å². The first kappa shape index (κ1) is 52.4. The van der Waals surface area contributed by atoms with Crippen molar-refractivity contribution in [3.63, 3.8) is 0 Å². The zero-order chi connectivity index (χ0) is 45.6. The number of ketones is 1. The van der Waals surface area contributed by atoms with Gasteiger partial charge in [-0.05, 0) is 87.5 Å². The molecule has 0 aliphatic heterocycles. The van der Waals surface area contributed by atoms with Crippen molar-refractivity contribution in [3.8, 4) is 12.1 Å². The van der Waals surface area contributed by atoms with Gasteiger partial charge in [-0.25, -0.2) is 17.6 Å². The van der Waals surface area contributed by atoms with E-state index in [4.69, 9.17) is 5.26 Å². The van der Waals surface area contributed by atoms with Crippen LogP contribution in [0.5, 0.6) is 0 Å². The summed E-state index contributed by atoms with van der Waals surface area (Å²) in [6.07, 6.45) is -6.39. The lowest BCUT2D eigenvalue weighted by Gasteiger charge is -2.30. The molecule has 0 bridgehead atoms. The fraction of sp³-hybridized carbons (Fsp3) is 0.628. The summed E-state index contributed by atoms with van der Waals surface area (Å²) < 4.78 is 136. The Balaban J connectivity index is 0.000000290. The Morgan fingerprint density at radius 3 is 1.58 bits per heavy atom. The standard InChI is InChI=1S/C22H25F5N2O.C17H20F5NO2.C4H6N2.ClH/c1-14-2-6-16(7-3-14)19(22(25,26)27)29-17(11-21(23,24)10-15-4-5-15)18(30)12-20(13-28)8-9-20;1-10(12-4-6-13(7-5-12)17(20,21)22)23-14(15(24)25)9-16(18,19)8-11-2-3-11;5-3-4(6)1-2-4;/h2-3,6-7,15,17,19,29H,4-5,8-12H2,1H3;4-7,10-11,14,23H,2-3,8-9H2,1H3,(H,24,25);1-2,6H2;1H/t17-,19-;10?,14-;;/m00../s1. The summed E-state index contributed by atoms with van der Waals surface area (Å²) in [6.45, 7) is 3.25. The molecular formula is C43H52ClF10N5O3. The molecule has 0 radical (unpaired) electrons. The van der Waals surface area contributed by atoms with Crippen LogP contribution >= 0.6 is 0 Å². The molecule has 0 saturated heterocycles. The molecule has 344 valence electrons. The van der Waals surface area contributed by atoms with Crippen LogP contribution in [0.1, 0.15) is 125 Å². The Morgan fingerprint density at radius 1 is 0.758 bits per heavy atom. The smallest absolute Gasteiger partial charge is 0.416 e. The molecule has 0 amide bonds. The van der Waals surface area contributed by atoms with Crippen molar-refractivity contribution >= 4 is 11.8 Å². The van der Waals surface area contributed by atoms with E-state index in [1.54, 1.807) is 6.92 Å². The van der Waals surface area contributed by atoms with Crippen molar-refractivity contribution in [2.24, 2.45) is 17.3 Å². The predicted octanol–water partition coefficient (Wildman–Crippen LogP) is 6.57. The number of alkyl halides is 10. The molecule has 0 aromatic heterocycles. The van der Waals surface area contributed by atoms with Crippen molar-refractivity contribution in [2.45, 2.75) is 151 Å². The average Bonchev–Trinajstić information content (AvgIpc) is 3.94. The number of nitrogens with zero attached hydrogens (tertiary/aromatic N) is 2. The van der Waals surface area contributed by atoms with Crippen molar-refractivity contribution < 1.29 is 76.7 Å². The van der Waals surface area contributed by atoms with Gasteiger partial charge in [-0.1, -0.05) is 42.0 Å². The second-order valence-corrected chi connectivity index (χ2v) is 17.3. The molecule has 62 heavy (non-hydrogen) atoms. The third-order valence-corrected chi connectivity index (χ3v) is 11.2. The normalized spacial score (nSPS) is 19.5. The molecule has 0 spiro atoms. The minimum Gasteiger partial charge on any atom is -1.00 e. The fourth-order valence-corrected chi connectivity index (χ4v) is 6.63. The van der Waals surface area contributed by atoms with E-state index in [1.807, 2.05) is 6.07 Å². The molecule has 4 fully saturated rings. The summed E-state index contributed by atoms with van der Waals surface area (Å²) >= 11 is 0. The number of carboxylic acid groups (broad SMARTS) is 1. The van der Waals surface area contributed by atoms with E-state index in [9.17, 15) is 63.9 Å². The second kappa shape index (κ2) is 20.7. The summed E-state index contributed by atoms with van der Waals surface area (Å²) in [7, 11) is 0. The number of halogens is 11. The van der Waals surface area contributed by atoms with E-state index in [-0.39, 0.29) is 48.2 Å². The van der Waals surface area contributed by atoms with E-state index in [0.29, 0.717) is 31.2 Å². The number of hydrogen-bond donors (Lipinski definition) is 4. The molecule has 2 aromatic rings. The van der Waals surface area contributed by atoms with Crippen LogP contribution in [-0.4, -0.2) is 52.5 Å². The lowest BCUT2D eigenvalue weighted by Crippen LogP contribution is -3.00. The number of hydrogen-bond acceptors (Lipinski definition) is 6. The third-order valence-electron chi connectivity index (χ3n) is 11.2. The van der Waals surface area contributed by atoms with Crippen LogP contribution in [0, 0.1) is 46.8 Å². The molecule has 6 N–H and O–H groups in total. The summed E-state index contributed by atoms with van der Waals surface area (Å²) in [5.41, 5.74) is 2.75. The number of aliphatic carboxylic acids is 1. The largest absolute Gasteiger partial charge is 1.00 e. The van der Waals surface area contributed by atoms with Gasteiger partial charge >= 0.3 is 18.3 Å². The lowest BCUT2D eigenvalue weighted by atomic mass is 9.91. The number of quaternary nitrogens is 1. The van der Waals surface area contributed by atoms with Gasteiger partial charge in [-0.15, -0.1) is 0 Å². The molecule has 8 nitrogen and oxygen atoms in total. The lowest BCUT2D eigenvalue weighted by molar-refractivity contribution is -0.417. The topological polar surface area (TPSA) is 154 Å². The molecule has 0 heterocycles. The van der Waals surface area contributed by atoms with Gasteiger partial charge < -0.3 is 23.2 Å². The van der Waals surface area contributed by atoms with Gasteiger partial charge in [-0.3, -0.25) is 20.2 Å². The van der Waals surface area contributed by atoms with E-state index in [1.165, 1.54) is 43.3 Å². The first-order chi connectivity index (χ1) is 28.2. The van der Waals surface area contributed by atoms with Crippen LogP contribution < -0.4 is 28.8 Å². The van der Waals surface area contributed by atoms with Crippen LogP contribution in [0.2, 0.25) is 0 Å². The average molecular weight is 912 g/mol. The van der Waals surface area contributed by atoms with Crippen molar-refractivity contribution in [1.82, 2.24) is 10.6 Å². The van der Waals surface area contributed by atoms with Crippen molar-refractivity contribution in [3.05, 3.63) is 70.8 Å². The molecule has 1 unspecified atom stereocenters. The van der Waals surface area contributed by atoms with Crippen LogP contribution in [0.15, 0.2) is 48.5 Å². The summed E-state index contributed by atoms with van der Waals surface area (Å²) in [4.78, 5) is 24.1. The number of aryl methyl sites for hydroxylation is 1. The predicted molar refractivity (Wildman–Crippen MR) is 202 cm³/mol. The Hall–Kier alpha value is -3.97. The van der Waals surface area contributed by atoms with Crippen LogP contribution in [0.25, 0.3) is 0 Å². The highest BCUT2D eigenvalue weighted by molar-refractivity contribution is 5.85. The maximum absolute atomic E-state index is 14.5. The number of rotatable bonds is 18. The SMILES string of the molecule is CC(N[C@@H](CC(F)(F)CC1CC1)C(=O)O)c1ccc(C(F)(F)F)cc1.Cc1ccc([C@H](N[C@@H](CC(F)(F)CC2CC2)C(=O)CC2(C#N)CC2)C(F)(F)F)cc1.N#CC1([NH3+])CC1.[Cl-]. The molecule has 2 aromatic carbocycles. The number of carbonyl (C=O) groups excluding carboxylic acids is 1. The molecule has 4 atom stereocenters. The third kappa shape index (κ3) is 17.3. The maximum Gasteiger partial charge on any atom is 0.416 e. The molecule has 4 aliphatic rings. The van der Waals surface area contributed by atoms with Gasteiger partial charge in [0.05, 0.1) is 23.1 Å². The molecule has 4 saturated carbocycles. The highest BCUT2D eigenvalue weighted by Gasteiger charge is 2.50. The van der Waals surface area contributed by atoms with E-state index in [2.05, 4.69) is 22.4 Å². The van der Waals surface area contributed by atoms with Crippen molar-refractivity contribution in [1.29, 1.82) is 10.5 Å². The molecule has 6 rings (SSSR count). The van der Waals surface area contributed by atoms with Crippen molar-refractivity contribution in [2.75, 3.05) is 0 Å². The second-order valence-electron chi connectivity index (χ2n) is 17.3. The minimum absolute atomic E-state index is 0. The molecule has 4 aliphatic carbocycles. The van der Waals surface area contributed by atoms with Crippen LogP contribution in [-0.2, 0) is 15.8 Å². The Labute approximate surface area is 360 Å². The minimum atomic E-state index is -4.77.